The van der Waals surface area contributed by atoms with Gasteiger partial charge in [0.1, 0.15) is 11.6 Å². The van der Waals surface area contributed by atoms with Gasteiger partial charge >= 0.3 is 0 Å². The monoisotopic (exact) mass is 288 g/mol. The van der Waals surface area contributed by atoms with E-state index in [1.165, 1.54) is 23.1 Å². The number of hydrogen-bond donors (Lipinski definition) is 2. The second-order valence-electron chi connectivity index (χ2n) is 4.91. The maximum atomic E-state index is 13.1. The van der Waals surface area contributed by atoms with Gasteiger partial charge < -0.3 is 15.3 Å². The van der Waals surface area contributed by atoms with E-state index in [2.05, 4.69) is 5.32 Å². The average molecular weight is 288 g/mol. The van der Waals surface area contributed by atoms with Gasteiger partial charge in [0.2, 0.25) is 0 Å². The molecule has 2 aromatic rings. The molecule has 0 saturated heterocycles. The summed E-state index contributed by atoms with van der Waals surface area (Å²) in [6, 6.07) is 10.8. The van der Waals surface area contributed by atoms with Gasteiger partial charge in [0.25, 0.3) is 5.91 Å². The molecule has 21 heavy (non-hydrogen) atoms. The fourth-order valence-corrected chi connectivity index (χ4v) is 1.91. The maximum absolute atomic E-state index is 13.1. The molecule has 0 unspecified atom stereocenters. The molecule has 0 heterocycles. The van der Waals surface area contributed by atoms with Gasteiger partial charge in [0.05, 0.1) is 0 Å². The zero-order valence-electron chi connectivity index (χ0n) is 11.9. The fraction of sp³-hybridized carbons (Fsp3) is 0.188. The minimum absolute atomic E-state index is 0.0319. The summed E-state index contributed by atoms with van der Waals surface area (Å²) < 4.78 is 13.1. The van der Waals surface area contributed by atoms with E-state index in [9.17, 15) is 14.3 Å². The van der Waals surface area contributed by atoms with E-state index in [-0.39, 0.29) is 18.2 Å². The molecule has 0 bridgehead atoms. The Balaban J connectivity index is 2.12. The molecule has 0 fully saturated rings. The number of carbonyl (C=O) groups is 1. The minimum Gasteiger partial charge on any atom is -0.508 e. The third-order valence-electron chi connectivity index (χ3n) is 3.04. The van der Waals surface area contributed by atoms with E-state index >= 15 is 0 Å². The topological polar surface area (TPSA) is 52.6 Å². The molecule has 2 aromatic carbocycles. The smallest absolute Gasteiger partial charge is 0.253 e. The zero-order chi connectivity index (χ0) is 15.4. The van der Waals surface area contributed by atoms with Crippen molar-refractivity contribution in [2.24, 2.45) is 0 Å². The predicted octanol–water partition coefficient (Wildman–Crippen LogP) is 2.85. The number of nitrogens with zero attached hydrogens (tertiary/aromatic N) is 1. The molecule has 0 aliphatic rings. The van der Waals surface area contributed by atoms with Crippen LogP contribution >= 0.6 is 0 Å². The van der Waals surface area contributed by atoms with Crippen LogP contribution in [0.1, 0.15) is 15.9 Å². The van der Waals surface area contributed by atoms with Crippen molar-refractivity contribution in [1.82, 2.24) is 4.90 Å². The summed E-state index contributed by atoms with van der Waals surface area (Å²) in [6.07, 6.45) is 0. The van der Waals surface area contributed by atoms with Gasteiger partial charge in [-0.3, -0.25) is 4.79 Å². The minimum atomic E-state index is -0.402. The summed E-state index contributed by atoms with van der Waals surface area (Å²) >= 11 is 0. The van der Waals surface area contributed by atoms with Crippen LogP contribution in [-0.4, -0.2) is 30.0 Å². The number of rotatable bonds is 4. The summed E-state index contributed by atoms with van der Waals surface area (Å²) in [5, 5.41) is 12.7. The summed E-state index contributed by atoms with van der Waals surface area (Å²) in [4.78, 5) is 13.4. The average Bonchev–Trinajstić information content (AvgIpc) is 2.47. The normalized spacial score (nSPS) is 10.2. The molecule has 0 saturated carbocycles. The third-order valence-corrected chi connectivity index (χ3v) is 3.04. The van der Waals surface area contributed by atoms with Gasteiger partial charge in [-0.25, -0.2) is 4.39 Å². The number of phenolic OH excluding ortho intramolecular Hbond substituents is 1. The van der Waals surface area contributed by atoms with Crippen LogP contribution in [-0.2, 0) is 6.54 Å². The Morgan fingerprint density at radius 2 is 2.00 bits per heavy atom. The molecule has 0 aliphatic heterocycles. The number of carbonyl (C=O) groups excluding carboxylic acids is 1. The van der Waals surface area contributed by atoms with Crippen LogP contribution in [0.3, 0.4) is 0 Å². The quantitative estimate of drug-likeness (QED) is 0.909. The first-order valence-electron chi connectivity index (χ1n) is 6.50. The Morgan fingerprint density at radius 3 is 2.71 bits per heavy atom. The highest BCUT2D eigenvalue weighted by Crippen LogP contribution is 2.20. The molecular weight excluding hydrogens is 271 g/mol. The van der Waals surface area contributed by atoms with Gasteiger partial charge in [-0.2, -0.15) is 0 Å². The third kappa shape index (κ3) is 3.72. The van der Waals surface area contributed by atoms with Crippen LogP contribution in [0.15, 0.2) is 42.5 Å². The van der Waals surface area contributed by atoms with E-state index in [1.807, 2.05) is 6.07 Å². The van der Waals surface area contributed by atoms with E-state index in [0.29, 0.717) is 11.1 Å². The molecule has 2 N–H and O–H groups in total. The summed E-state index contributed by atoms with van der Waals surface area (Å²) in [7, 11) is 3.38. The van der Waals surface area contributed by atoms with Crippen LogP contribution in [0.4, 0.5) is 10.1 Å². The number of aromatic hydroxyl groups is 1. The molecule has 0 radical (unpaired) electrons. The van der Waals surface area contributed by atoms with Crippen LogP contribution in [0.25, 0.3) is 0 Å². The molecule has 0 atom stereocenters. The van der Waals surface area contributed by atoms with Crippen LogP contribution in [0.2, 0.25) is 0 Å². The lowest BCUT2D eigenvalue weighted by molar-refractivity contribution is 0.0827. The number of anilines is 1. The largest absolute Gasteiger partial charge is 0.508 e. The van der Waals surface area contributed by atoms with E-state index in [4.69, 9.17) is 0 Å². The van der Waals surface area contributed by atoms with Crippen molar-refractivity contribution < 1.29 is 14.3 Å². The summed E-state index contributed by atoms with van der Waals surface area (Å²) in [5.41, 5.74) is 1.75. The lowest BCUT2D eigenvalue weighted by atomic mass is 10.1. The van der Waals surface area contributed by atoms with Crippen molar-refractivity contribution in [3.63, 3.8) is 0 Å². The van der Waals surface area contributed by atoms with Gasteiger partial charge in [-0.1, -0.05) is 6.07 Å². The molecule has 5 heteroatoms. The highest BCUT2D eigenvalue weighted by molar-refractivity contribution is 5.94. The molecule has 1 amide bonds. The Labute approximate surface area is 122 Å². The van der Waals surface area contributed by atoms with Gasteiger partial charge in [-0.15, -0.1) is 0 Å². The summed E-state index contributed by atoms with van der Waals surface area (Å²) in [6.45, 7) is 0.267. The van der Waals surface area contributed by atoms with Crippen molar-refractivity contribution in [2.75, 3.05) is 19.4 Å². The first kappa shape index (κ1) is 14.8. The lowest BCUT2D eigenvalue weighted by Gasteiger charge is -2.12. The number of phenols is 1. The van der Waals surface area contributed by atoms with Crippen LogP contribution in [0.5, 0.6) is 5.75 Å². The Morgan fingerprint density at radius 1 is 1.24 bits per heavy atom. The molecule has 0 spiro atoms. The van der Waals surface area contributed by atoms with E-state index in [0.717, 1.165) is 5.69 Å². The first-order chi connectivity index (χ1) is 9.97. The number of halogens is 1. The second kappa shape index (κ2) is 6.26. The number of nitrogens with one attached hydrogen (secondary N) is 1. The number of amides is 1. The molecule has 2 rings (SSSR count). The summed E-state index contributed by atoms with van der Waals surface area (Å²) in [5.74, 6) is -0.460. The highest BCUT2D eigenvalue weighted by Gasteiger charge is 2.08. The Kier molecular flexibility index (Phi) is 4.42. The maximum Gasteiger partial charge on any atom is 0.253 e. The fourth-order valence-electron chi connectivity index (χ4n) is 1.91. The Hall–Kier alpha value is -2.56. The number of benzene rings is 2. The molecular formula is C16H17FN2O2. The van der Waals surface area contributed by atoms with Crippen molar-refractivity contribution in [2.45, 2.75) is 6.54 Å². The van der Waals surface area contributed by atoms with Crippen molar-refractivity contribution in [3.05, 3.63) is 59.4 Å². The van der Waals surface area contributed by atoms with Gasteiger partial charge in [0, 0.05) is 37.5 Å². The van der Waals surface area contributed by atoms with Crippen molar-refractivity contribution >= 4 is 11.6 Å². The van der Waals surface area contributed by atoms with Gasteiger partial charge in [0.15, 0.2) is 0 Å². The van der Waals surface area contributed by atoms with Crippen LogP contribution < -0.4 is 5.32 Å². The van der Waals surface area contributed by atoms with Gasteiger partial charge in [-0.05, 0) is 36.4 Å². The first-order valence-corrected chi connectivity index (χ1v) is 6.50. The SMILES string of the molecule is CN(C)C(=O)c1cccc(NCc2cc(F)ccc2O)c1. The molecule has 4 nitrogen and oxygen atoms in total. The lowest BCUT2D eigenvalue weighted by Crippen LogP contribution is -2.21. The number of hydrogen-bond acceptors (Lipinski definition) is 3. The van der Waals surface area contributed by atoms with Crippen LogP contribution in [0, 0.1) is 5.82 Å². The highest BCUT2D eigenvalue weighted by atomic mass is 19.1. The zero-order valence-corrected chi connectivity index (χ0v) is 11.9. The predicted molar refractivity (Wildman–Crippen MR) is 79.9 cm³/mol. The standard InChI is InChI=1S/C16H17FN2O2/c1-19(2)16(21)11-4-3-5-14(9-11)18-10-12-8-13(17)6-7-15(12)20/h3-9,18,20H,10H2,1-2H3. The molecule has 110 valence electrons. The molecule has 0 aliphatic carbocycles. The molecule has 0 aromatic heterocycles. The Bertz CT molecular complexity index is 656. The van der Waals surface area contributed by atoms with E-state index < -0.39 is 5.82 Å². The van der Waals surface area contributed by atoms with E-state index in [1.54, 1.807) is 32.3 Å². The second-order valence-corrected chi connectivity index (χ2v) is 4.91. The van der Waals surface area contributed by atoms with Crippen molar-refractivity contribution in [1.29, 1.82) is 0 Å². The van der Waals surface area contributed by atoms with Crippen molar-refractivity contribution in [3.8, 4) is 5.75 Å².